The third-order valence-electron chi connectivity index (χ3n) is 4.92. The first-order valence-electron chi connectivity index (χ1n) is 8.66. The second-order valence-electron chi connectivity index (χ2n) is 6.59. The summed E-state index contributed by atoms with van der Waals surface area (Å²) in [6.45, 7) is 9.14. The first kappa shape index (κ1) is 16.2. The fourth-order valence-electron chi connectivity index (χ4n) is 3.72. The van der Waals surface area contributed by atoms with Gasteiger partial charge in [0, 0.05) is 25.2 Å². The average molecular weight is 282 g/mol. The smallest absolute Gasteiger partial charge is 0.0249 e. The van der Waals surface area contributed by atoms with E-state index < -0.39 is 0 Å². The first-order valence-corrected chi connectivity index (χ1v) is 8.66. The number of hydrogen-bond donors (Lipinski definition) is 3. The molecule has 1 aliphatic carbocycles. The number of likely N-dealkylation sites (tertiary alicyclic amines) is 1. The maximum Gasteiger partial charge on any atom is 0.0249 e. The van der Waals surface area contributed by atoms with E-state index >= 15 is 0 Å². The van der Waals surface area contributed by atoms with E-state index in [1.807, 2.05) is 0 Å². The number of nitrogens with zero attached hydrogens (tertiary/aromatic N) is 1. The van der Waals surface area contributed by atoms with E-state index in [1.54, 1.807) is 0 Å². The van der Waals surface area contributed by atoms with Crippen molar-refractivity contribution in [2.45, 2.75) is 51.1 Å². The molecule has 0 aromatic carbocycles. The molecule has 3 atom stereocenters. The third-order valence-corrected chi connectivity index (χ3v) is 4.92. The molecule has 0 aromatic heterocycles. The van der Waals surface area contributed by atoms with Crippen LogP contribution < -0.4 is 16.0 Å². The van der Waals surface area contributed by atoms with Gasteiger partial charge < -0.3 is 20.9 Å². The quantitative estimate of drug-likeness (QED) is 0.524. The van der Waals surface area contributed by atoms with Gasteiger partial charge in [0.15, 0.2) is 0 Å². The molecule has 0 radical (unpaired) electrons. The van der Waals surface area contributed by atoms with Crippen molar-refractivity contribution in [1.82, 2.24) is 20.9 Å². The van der Waals surface area contributed by atoms with Crippen LogP contribution in [0, 0.1) is 5.92 Å². The number of piperidine rings is 1. The van der Waals surface area contributed by atoms with Gasteiger partial charge in [0.1, 0.15) is 0 Å². The minimum absolute atomic E-state index is 0.749. The van der Waals surface area contributed by atoms with Gasteiger partial charge in [0.25, 0.3) is 0 Å². The summed E-state index contributed by atoms with van der Waals surface area (Å²) in [5.41, 5.74) is 0. The predicted octanol–water partition coefficient (Wildman–Crippen LogP) is 1.04. The molecule has 2 aliphatic rings. The van der Waals surface area contributed by atoms with E-state index in [2.05, 4.69) is 34.8 Å². The Balaban J connectivity index is 1.45. The number of rotatable bonds is 10. The highest BCUT2D eigenvalue weighted by atomic mass is 15.2. The molecule has 0 amide bonds. The van der Waals surface area contributed by atoms with Crippen LogP contribution >= 0.6 is 0 Å². The van der Waals surface area contributed by atoms with Gasteiger partial charge in [-0.15, -0.1) is 0 Å². The van der Waals surface area contributed by atoms with E-state index in [1.165, 1.54) is 38.6 Å². The molecule has 1 aliphatic heterocycles. The molecule has 3 unspecified atom stereocenters. The molecule has 2 bridgehead atoms. The minimum atomic E-state index is 0.749. The summed E-state index contributed by atoms with van der Waals surface area (Å²) in [5.74, 6) is 0.997. The van der Waals surface area contributed by atoms with Crippen LogP contribution in [0.4, 0.5) is 0 Å². The highest BCUT2D eigenvalue weighted by Gasteiger charge is 2.39. The van der Waals surface area contributed by atoms with Crippen LogP contribution in [0.5, 0.6) is 0 Å². The summed E-state index contributed by atoms with van der Waals surface area (Å²) in [6.07, 6.45) is 6.71. The Bertz CT molecular complexity index is 259. The zero-order valence-corrected chi connectivity index (χ0v) is 13.5. The van der Waals surface area contributed by atoms with E-state index in [0.717, 1.165) is 50.7 Å². The van der Waals surface area contributed by atoms with Crippen molar-refractivity contribution in [3.63, 3.8) is 0 Å². The lowest BCUT2D eigenvalue weighted by Crippen LogP contribution is -2.46. The third kappa shape index (κ3) is 4.99. The molecule has 2 rings (SSSR count). The Labute approximate surface area is 125 Å². The van der Waals surface area contributed by atoms with Crippen molar-refractivity contribution in [2.24, 2.45) is 5.92 Å². The van der Waals surface area contributed by atoms with E-state index in [4.69, 9.17) is 0 Å². The van der Waals surface area contributed by atoms with Crippen molar-refractivity contribution < 1.29 is 0 Å². The molecule has 2 fully saturated rings. The number of fused-ring (bicyclic) bond motifs is 2. The van der Waals surface area contributed by atoms with Gasteiger partial charge in [-0.1, -0.05) is 6.92 Å². The van der Waals surface area contributed by atoms with Crippen molar-refractivity contribution in [2.75, 3.05) is 46.3 Å². The van der Waals surface area contributed by atoms with E-state index in [0.29, 0.717) is 0 Å². The van der Waals surface area contributed by atoms with Crippen LogP contribution in [0.15, 0.2) is 0 Å². The number of likely N-dealkylation sites (N-methyl/N-ethyl adjacent to an activating group) is 1. The Morgan fingerprint density at radius 2 is 1.80 bits per heavy atom. The maximum absolute atomic E-state index is 3.80. The maximum atomic E-state index is 3.80. The fourth-order valence-corrected chi connectivity index (χ4v) is 3.72. The minimum Gasteiger partial charge on any atom is -0.315 e. The van der Waals surface area contributed by atoms with Crippen molar-refractivity contribution in [1.29, 1.82) is 0 Å². The average Bonchev–Trinajstić information content (AvgIpc) is 2.80. The largest absolute Gasteiger partial charge is 0.315 e. The molecule has 1 saturated heterocycles. The summed E-state index contributed by atoms with van der Waals surface area (Å²) in [7, 11) is 2.30. The molecule has 4 heteroatoms. The molecule has 1 heterocycles. The summed E-state index contributed by atoms with van der Waals surface area (Å²) in [4.78, 5) is 2.57. The summed E-state index contributed by atoms with van der Waals surface area (Å²) < 4.78 is 0. The van der Waals surface area contributed by atoms with Crippen LogP contribution in [-0.4, -0.2) is 63.3 Å². The predicted molar refractivity (Wildman–Crippen MR) is 86.2 cm³/mol. The molecular weight excluding hydrogens is 248 g/mol. The molecule has 20 heavy (non-hydrogen) atoms. The van der Waals surface area contributed by atoms with Gasteiger partial charge in [-0.2, -0.15) is 0 Å². The second kappa shape index (κ2) is 8.98. The van der Waals surface area contributed by atoms with Gasteiger partial charge >= 0.3 is 0 Å². The summed E-state index contributed by atoms with van der Waals surface area (Å²) >= 11 is 0. The van der Waals surface area contributed by atoms with Gasteiger partial charge in [0.2, 0.25) is 0 Å². The monoisotopic (exact) mass is 282 g/mol. The molecule has 4 nitrogen and oxygen atoms in total. The molecule has 1 saturated carbocycles. The van der Waals surface area contributed by atoms with E-state index in [9.17, 15) is 0 Å². The standard InChI is InChI=1S/C16H34N4/c1-3-6-17-9-10-18-7-4-8-19-15-12-14-5-11-20(2)16(15)13-14/h14-19H,3-13H2,1-2H3. The van der Waals surface area contributed by atoms with Crippen molar-refractivity contribution in [3.05, 3.63) is 0 Å². The van der Waals surface area contributed by atoms with Gasteiger partial charge in [0.05, 0.1) is 0 Å². The zero-order chi connectivity index (χ0) is 14.2. The Hall–Kier alpha value is -0.160. The Kier molecular flexibility index (Phi) is 7.28. The highest BCUT2D eigenvalue weighted by molar-refractivity contribution is 4.97. The fraction of sp³-hybridized carbons (Fsp3) is 1.00. The van der Waals surface area contributed by atoms with Crippen LogP contribution in [0.3, 0.4) is 0 Å². The normalized spacial score (nSPS) is 30.0. The molecule has 3 N–H and O–H groups in total. The van der Waals surface area contributed by atoms with Gasteiger partial charge in [-0.05, 0) is 71.2 Å². The molecule has 0 spiro atoms. The lowest BCUT2D eigenvalue weighted by atomic mass is 10.00. The van der Waals surface area contributed by atoms with E-state index in [-0.39, 0.29) is 0 Å². The van der Waals surface area contributed by atoms with Crippen molar-refractivity contribution in [3.8, 4) is 0 Å². The van der Waals surface area contributed by atoms with Gasteiger partial charge in [-0.25, -0.2) is 0 Å². The summed E-state index contributed by atoms with van der Waals surface area (Å²) in [6, 6.07) is 1.55. The number of hydrogen-bond acceptors (Lipinski definition) is 4. The first-order chi connectivity index (χ1) is 9.81. The zero-order valence-electron chi connectivity index (χ0n) is 13.5. The molecular formula is C16H34N4. The second-order valence-corrected chi connectivity index (χ2v) is 6.59. The number of nitrogens with one attached hydrogen (secondary N) is 3. The topological polar surface area (TPSA) is 39.3 Å². The van der Waals surface area contributed by atoms with Gasteiger partial charge in [-0.3, -0.25) is 0 Å². The molecule has 118 valence electrons. The lowest BCUT2D eigenvalue weighted by molar-refractivity contribution is 0.177. The lowest BCUT2D eigenvalue weighted by Gasteiger charge is -2.32. The van der Waals surface area contributed by atoms with Crippen molar-refractivity contribution >= 4 is 0 Å². The molecule has 0 aromatic rings. The summed E-state index contributed by atoms with van der Waals surface area (Å²) in [5, 5.41) is 10.7. The highest BCUT2D eigenvalue weighted by Crippen LogP contribution is 2.35. The van der Waals surface area contributed by atoms with Crippen LogP contribution in [0.1, 0.15) is 39.0 Å². The van der Waals surface area contributed by atoms with Crippen LogP contribution in [0.2, 0.25) is 0 Å². The van der Waals surface area contributed by atoms with Crippen LogP contribution in [-0.2, 0) is 0 Å². The van der Waals surface area contributed by atoms with Crippen LogP contribution in [0.25, 0.3) is 0 Å². The Morgan fingerprint density at radius 3 is 2.60 bits per heavy atom. The Morgan fingerprint density at radius 1 is 1.00 bits per heavy atom. The SMILES string of the molecule is CCCNCCNCCCNC1CC2CCN(C)C1C2.